The molecule has 1 saturated heterocycles. The van der Waals surface area contributed by atoms with Crippen molar-refractivity contribution in [2.45, 2.75) is 52.3 Å². The summed E-state index contributed by atoms with van der Waals surface area (Å²) in [6.07, 6.45) is 1.95. The van der Waals surface area contributed by atoms with Gasteiger partial charge in [-0.2, -0.15) is 0 Å². The number of nitrogens with zero attached hydrogens (tertiary/aromatic N) is 2. The molecule has 0 bridgehead atoms. The molecule has 4 heterocycles. The van der Waals surface area contributed by atoms with Crippen molar-refractivity contribution in [2.75, 3.05) is 26.8 Å². The Morgan fingerprint density at radius 2 is 2.12 bits per heavy atom. The highest BCUT2D eigenvalue weighted by Gasteiger charge is 2.33. The Bertz CT molecular complexity index is 1080. The Hall–Kier alpha value is -2.65. The van der Waals surface area contributed by atoms with E-state index in [0.717, 1.165) is 17.7 Å². The summed E-state index contributed by atoms with van der Waals surface area (Å²) < 4.78 is 12.9. The van der Waals surface area contributed by atoms with Crippen LogP contribution in [-0.4, -0.2) is 54.2 Å². The van der Waals surface area contributed by atoms with Gasteiger partial charge >= 0.3 is 0 Å². The Balaban J connectivity index is 1.54. The van der Waals surface area contributed by atoms with Crippen molar-refractivity contribution in [1.29, 1.82) is 0 Å². The topological polar surface area (TPSA) is 89.9 Å². The first-order valence-corrected chi connectivity index (χ1v) is 12.8. The van der Waals surface area contributed by atoms with E-state index >= 15 is 0 Å². The van der Waals surface area contributed by atoms with Crippen LogP contribution in [0.5, 0.6) is 5.75 Å². The van der Waals surface area contributed by atoms with Crippen molar-refractivity contribution in [3.8, 4) is 5.75 Å². The molecule has 2 aromatic heterocycles. The zero-order chi connectivity index (χ0) is 24.2. The molecule has 0 saturated carbocycles. The molecule has 2 aliphatic heterocycles. The zero-order valence-corrected chi connectivity index (χ0v) is 20.9. The van der Waals surface area contributed by atoms with Crippen LogP contribution in [0, 0.1) is 11.8 Å². The highest BCUT2D eigenvalue weighted by Crippen LogP contribution is 2.28. The summed E-state index contributed by atoms with van der Waals surface area (Å²) in [4.78, 5) is 42.3. The second kappa shape index (κ2) is 10.7. The van der Waals surface area contributed by atoms with E-state index in [9.17, 15) is 14.4 Å². The number of hydrogen-bond donors (Lipinski definition) is 1. The van der Waals surface area contributed by atoms with Gasteiger partial charge in [0, 0.05) is 55.2 Å². The van der Waals surface area contributed by atoms with Gasteiger partial charge in [0.25, 0.3) is 11.5 Å². The number of amides is 2. The zero-order valence-electron chi connectivity index (χ0n) is 20.0. The molecule has 0 aromatic carbocycles. The highest BCUT2D eigenvalue weighted by atomic mass is 32.1. The molecule has 2 aromatic rings. The molecule has 1 N–H and O–H groups in total. The number of aromatic nitrogens is 1. The predicted octanol–water partition coefficient (Wildman–Crippen LogP) is 2.68. The molecule has 2 unspecified atom stereocenters. The number of hydrogen-bond acceptors (Lipinski definition) is 6. The van der Waals surface area contributed by atoms with Crippen LogP contribution >= 0.6 is 11.3 Å². The fourth-order valence-corrected chi connectivity index (χ4v) is 5.46. The summed E-state index contributed by atoms with van der Waals surface area (Å²) in [5.74, 6) is 0.403. The first-order chi connectivity index (χ1) is 16.4. The van der Waals surface area contributed by atoms with Gasteiger partial charge in [-0.05, 0) is 30.2 Å². The first-order valence-electron chi connectivity index (χ1n) is 11.9. The number of carbonyl (C=O) groups excluding carboxylic acids is 2. The monoisotopic (exact) mass is 487 g/mol. The van der Waals surface area contributed by atoms with Gasteiger partial charge in [-0.15, -0.1) is 11.3 Å². The molecular formula is C25H33N3O5S. The first kappa shape index (κ1) is 24.5. The third kappa shape index (κ3) is 5.20. The van der Waals surface area contributed by atoms with Crippen LogP contribution in [0.3, 0.4) is 0 Å². The van der Waals surface area contributed by atoms with Gasteiger partial charge in [0.1, 0.15) is 11.3 Å². The summed E-state index contributed by atoms with van der Waals surface area (Å²) in [6.45, 7) is 6.49. The SMILES string of the molecule is COc1cc(=O)n2c(c1C(=O)NCc1cccs1)CCN(C(=O)C1CCOC(C(C)C)C1)CC2. The number of carbonyl (C=O) groups is 2. The molecule has 2 atom stereocenters. The van der Waals surface area contributed by atoms with Gasteiger partial charge in [0.05, 0.1) is 19.8 Å². The van der Waals surface area contributed by atoms with Crippen LogP contribution in [0.25, 0.3) is 0 Å². The van der Waals surface area contributed by atoms with E-state index < -0.39 is 0 Å². The number of pyridine rings is 1. The van der Waals surface area contributed by atoms with E-state index in [4.69, 9.17) is 9.47 Å². The molecule has 0 aliphatic carbocycles. The van der Waals surface area contributed by atoms with Gasteiger partial charge in [-0.25, -0.2) is 0 Å². The predicted molar refractivity (Wildman–Crippen MR) is 130 cm³/mol. The van der Waals surface area contributed by atoms with E-state index in [1.165, 1.54) is 13.2 Å². The molecular weight excluding hydrogens is 454 g/mol. The minimum atomic E-state index is -0.280. The number of nitrogens with one attached hydrogen (secondary N) is 1. The molecule has 1 fully saturated rings. The van der Waals surface area contributed by atoms with Crippen molar-refractivity contribution < 1.29 is 19.1 Å². The average Bonchev–Trinajstić information content (AvgIpc) is 3.26. The second-order valence-electron chi connectivity index (χ2n) is 9.24. The Morgan fingerprint density at radius 1 is 1.29 bits per heavy atom. The van der Waals surface area contributed by atoms with E-state index in [2.05, 4.69) is 19.2 Å². The fourth-order valence-electron chi connectivity index (χ4n) is 4.82. The normalized spacial score (nSPS) is 20.5. The molecule has 8 nitrogen and oxygen atoms in total. The largest absolute Gasteiger partial charge is 0.496 e. The van der Waals surface area contributed by atoms with Crippen LogP contribution in [0.2, 0.25) is 0 Å². The van der Waals surface area contributed by atoms with E-state index in [1.807, 2.05) is 22.4 Å². The standard InChI is InChI=1S/C25H33N3O5S/c1-16(2)20-13-17(7-11-33-20)25(31)27-8-6-19-23(24(30)26-15-18-5-4-12-34-18)21(32-3)14-22(29)28(19)10-9-27/h4-5,12,14,16-17,20H,6-11,13,15H2,1-3H3,(H,26,30). The van der Waals surface area contributed by atoms with Gasteiger partial charge in [0.15, 0.2) is 0 Å². The molecule has 2 amide bonds. The summed E-state index contributed by atoms with van der Waals surface area (Å²) >= 11 is 1.57. The van der Waals surface area contributed by atoms with Crippen LogP contribution < -0.4 is 15.6 Å². The van der Waals surface area contributed by atoms with Crippen LogP contribution in [0.4, 0.5) is 0 Å². The molecule has 4 rings (SSSR count). The fraction of sp³-hybridized carbons (Fsp3) is 0.560. The van der Waals surface area contributed by atoms with Crippen molar-refractivity contribution in [3.05, 3.63) is 50.1 Å². The Labute approximate surface area is 203 Å². The molecule has 0 spiro atoms. The lowest BCUT2D eigenvalue weighted by Gasteiger charge is -2.34. The minimum Gasteiger partial charge on any atom is -0.496 e. The van der Waals surface area contributed by atoms with Crippen LogP contribution in [-0.2, 0) is 29.0 Å². The molecule has 0 radical (unpaired) electrons. The maximum Gasteiger partial charge on any atom is 0.257 e. The summed E-state index contributed by atoms with van der Waals surface area (Å²) in [5, 5.41) is 4.91. The lowest BCUT2D eigenvalue weighted by Crippen LogP contribution is -2.42. The molecule has 2 aliphatic rings. The van der Waals surface area contributed by atoms with Crippen LogP contribution in [0.15, 0.2) is 28.4 Å². The summed E-state index contributed by atoms with van der Waals surface area (Å²) in [5.41, 5.74) is 0.774. The third-order valence-corrected chi connectivity index (χ3v) is 7.64. The molecule has 184 valence electrons. The lowest BCUT2D eigenvalue weighted by molar-refractivity contribution is -0.141. The molecule has 9 heteroatoms. The maximum atomic E-state index is 13.4. The van der Waals surface area contributed by atoms with Crippen LogP contribution in [0.1, 0.15) is 47.6 Å². The van der Waals surface area contributed by atoms with E-state index in [0.29, 0.717) is 56.4 Å². The summed E-state index contributed by atoms with van der Waals surface area (Å²) in [6, 6.07) is 5.27. The number of rotatable bonds is 6. The smallest absolute Gasteiger partial charge is 0.257 e. The van der Waals surface area contributed by atoms with Gasteiger partial charge in [0.2, 0.25) is 5.91 Å². The minimum absolute atomic E-state index is 0.0674. The Kier molecular flexibility index (Phi) is 7.73. The lowest BCUT2D eigenvalue weighted by atomic mass is 9.89. The van der Waals surface area contributed by atoms with Gasteiger partial charge in [-0.1, -0.05) is 19.9 Å². The maximum absolute atomic E-state index is 13.4. The average molecular weight is 488 g/mol. The Morgan fingerprint density at radius 3 is 2.82 bits per heavy atom. The van der Waals surface area contributed by atoms with Crippen molar-refractivity contribution >= 4 is 23.2 Å². The number of ether oxygens (including phenoxy) is 2. The van der Waals surface area contributed by atoms with Crippen molar-refractivity contribution in [1.82, 2.24) is 14.8 Å². The number of fused-ring (bicyclic) bond motifs is 1. The van der Waals surface area contributed by atoms with Gasteiger partial charge < -0.3 is 24.3 Å². The number of methoxy groups -OCH3 is 1. The molecule has 34 heavy (non-hydrogen) atoms. The third-order valence-electron chi connectivity index (χ3n) is 6.76. The van der Waals surface area contributed by atoms with E-state index in [1.54, 1.807) is 15.9 Å². The highest BCUT2D eigenvalue weighted by molar-refractivity contribution is 7.09. The van der Waals surface area contributed by atoms with Gasteiger partial charge in [-0.3, -0.25) is 14.4 Å². The van der Waals surface area contributed by atoms with Crippen molar-refractivity contribution in [3.63, 3.8) is 0 Å². The number of thiophene rings is 1. The summed E-state index contributed by atoms with van der Waals surface area (Å²) in [7, 11) is 1.46. The quantitative estimate of drug-likeness (QED) is 0.677. The van der Waals surface area contributed by atoms with E-state index in [-0.39, 0.29) is 35.1 Å². The van der Waals surface area contributed by atoms with Crippen molar-refractivity contribution in [2.24, 2.45) is 11.8 Å². The second-order valence-corrected chi connectivity index (χ2v) is 10.3.